The van der Waals surface area contributed by atoms with Gasteiger partial charge in [-0.1, -0.05) is 6.08 Å². The van der Waals surface area contributed by atoms with Crippen molar-refractivity contribution < 1.29 is 4.79 Å². The molecule has 126 valence electrons. The zero-order valence-corrected chi connectivity index (χ0v) is 13.7. The molecule has 0 bridgehead atoms. The summed E-state index contributed by atoms with van der Waals surface area (Å²) in [5.74, 6) is 0. The molecule has 23 heavy (non-hydrogen) atoms. The number of H-pyrrole nitrogens is 1. The molecule has 6 nitrogen and oxygen atoms in total. The van der Waals surface area contributed by atoms with Gasteiger partial charge in [-0.2, -0.15) is 5.10 Å². The van der Waals surface area contributed by atoms with Crippen LogP contribution in [0.15, 0.2) is 25.0 Å². The van der Waals surface area contributed by atoms with E-state index in [9.17, 15) is 4.79 Å². The van der Waals surface area contributed by atoms with Crippen molar-refractivity contribution in [3.8, 4) is 0 Å². The van der Waals surface area contributed by atoms with E-state index in [-0.39, 0.29) is 18.1 Å². The van der Waals surface area contributed by atoms with Crippen molar-refractivity contribution >= 4 is 6.03 Å². The highest BCUT2D eigenvalue weighted by molar-refractivity contribution is 5.75. The Morgan fingerprint density at radius 1 is 1.35 bits per heavy atom. The third-order valence-electron chi connectivity index (χ3n) is 4.97. The molecule has 2 saturated heterocycles. The van der Waals surface area contributed by atoms with E-state index in [0.717, 1.165) is 57.4 Å². The van der Waals surface area contributed by atoms with Gasteiger partial charge in [-0.05, 0) is 32.1 Å². The maximum absolute atomic E-state index is 12.7. The van der Waals surface area contributed by atoms with Crippen LogP contribution in [0, 0.1) is 0 Å². The summed E-state index contributed by atoms with van der Waals surface area (Å²) in [4.78, 5) is 17.1. The molecule has 0 spiro atoms. The second-order valence-electron chi connectivity index (χ2n) is 6.55. The Kier molecular flexibility index (Phi) is 5.33. The van der Waals surface area contributed by atoms with Crippen LogP contribution in [0.25, 0.3) is 0 Å². The molecule has 3 rings (SSSR count). The Balaban J connectivity index is 1.55. The van der Waals surface area contributed by atoms with Crippen molar-refractivity contribution in [2.75, 3.05) is 26.2 Å². The number of nitrogens with zero attached hydrogens (tertiary/aromatic N) is 3. The molecule has 2 amide bonds. The number of aromatic amines is 1. The Morgan fingerprint density at radius 3 is 2.87 bits per heavy atom. The van der Waals surface area contributed by atoms with Gasteiger partial charge in [0.15, 0.2) is 0 Å². The summed E-state index contributed by atoms with van der Waals surface area (Å²) in [6.45, 7) is 7.62. The summed E-state index contributed by atoms with van der Waals surface area (Å²) in [6.07, 6.45) is 11.0. The van der Waals surface area contributed by atoms with Gasteiger partial charge < -0.3 is 10.2 Å². The lowest BCUT2D eigenvalue weighted by Gasteiger charge is -2.38. The standard InChI is InChI=1S/C17H27N5O/c1-2-8-21-10-6-15(7-11-21)20-17(23)22-9-4-3-5-16(22)14-12-18-19-13-14/h2,12-13,15-16H,1,3-11H2,(H,18,19)(H,20,23). The average molecular weight is 317 g/mol. The first-order valence-electron chi connectivity index (χ1n) is 8.67. The lowest BCUT2D eigenvalue weighted by Crippen LogP contribution is -2.51. The minimum Gasteiger partial charge on any atom is -0.335 e. The molecule has 2 aliphatic rings. The largest absolute Gasteiger partial charge is 0.335 e. The fourth-order valence-electron chi connectivity index (χ4n) is 3.66. The van der Waals surface area contributed by atoms with Crippen LogP contribution in [-0.4, -0.2) is 58.2 Å². The molecule has 0 saturated carbocycles. The van der Waals surface area contributed by atoms with Crippen LogP contribution in [0.1, 0.15) is 43.7 Å². The number of carbonyl (C=O) groups excluding carboxylic acids is 1. The van der Waals surface area contributed by atoms with Crippen LogP contribution in [0.5, 0.6) is 0 Å². The van der Waals surface area contributed by atoms with E-state index < -0.39 is 0 Å². The molecule has 1 aromatic heterocycles. The molecule has 1 aromatic rings. The fourth-order valence-corrected chi connectivity index (χ4v) is 3.66. The predicted octanol–water partition coefficient (Wildman–Crippen LogP) is 2.30. The number of amides is 2. The highest BCUT2D eigenvalue weighted by Crippen LogP contribution is 2.30. The highest BCUT2D eigenvalue weighted by Gasteiger charge is 2.30. The molecule has 3 heterocycles. The van der Waals surface area contributed by atoms with E-state index in [1.807, 2.05) is 23.4 Å². The van der Waals surface area contributed by atoms with E-state index in [4.69, 9.17) is 0 Å². The van der Waals surface area contributed by atoms with Crippen LogP contribution >= 0.6 is 0 Å². The second-order valence-corrected chi connectivity index (χ2v) is 6.55. The van der Waals surface area contributed by atoms with Gasteiger partial charge in [0.05, 0.1) is 12.2 Å². The molecule has 0 aromatic carbocycles. The van der Waals surface area contributed by atoms with Gasteiger partial charge in [0.2, 0.25) is 0 Å². The second kappa shape index (κ2) is 7.64. The lowest BCUT2D eigenvalue weighted by molar-refractivity contribution is 0.141. The molecule has 0 aliphatic carbocycles. The van der Waals surface area contributed by atoms with Crippen LogP contribution in [0.2, 0.25) is 0 Å². The Morgan fingerprint density at radius 2 is 2.17 bits per heavy atom. The smallest absolute Gasteiger partial charge is 0.318 e. The van der Waals surface area contributed by atoms with Gasteiger partial charge in [0.25, 0.3) is 0 Å². The fraction of sp³-hybridized carbons (Fsp3) is 0.647. The van der Waals surface area contributed by atoms with Crippen molar-refractivity contribution in [2.45, 2.75) is 44.2 Å². The Hall–Kier alpha value is -1.82. The van der Waals surface area contributed by atoms with Crippen LogP contribution in [0.3, 0.4) is 0 Å². The number of rotatable bonds is 4. The van der Waals surface area contributed by atoms with Gasteiger partial charge in [-0.3, -0.25) is 10.00 Å². The average Bonchev–Trinajstić information content (AvgIpc) is 3.11. The van der Waals surface area contributed by atoms with Gasteiger partial charge in [-0.15, -0.1) is 6.58 Å². The summed E-state index contributed by atoms with van der Waals surface area (Å²) >= 11 is 0. The monoisotopic (exact) mass is 317 g/mol. The molecule has 2 N–H and O–H groups in total. The van der Waals surface area contributed by atoms with Crippen LogP contribution < -0.4 is 5.32 Å². The summed E-state index contributed by atoms with van der Waals surface area (Å²) in [5, 5.41) is 10.1. The number of nitrogens with one attached hydrogen (secondary N) is 2. The summed E-state index contributed by atoms with van der Waals surface area (Å²) in [5.41, 5.74) is 1.11. The molecule has 1 unspecified atom stereocenters. The zero-order valence-electron chi connectivity index (χ0n) is 13.7. The van der Waals surface area contributed by atoms with E-state index in [2.05, 4.69) is 27.0 Å². The summed E-state index contributed by atoms with van der Waals surface area (Å²) in [7, 11) is 0. The van der Waals surface area contributed by atoms with E-state index in [1.54, 1.807) is 0 Å². The lowest BCUT2D eigenvalue weighted by atomic mass is 9.98. The van der Waals surface area contributed by atoms with Crippen molar-refractivity contribution in [3.05, 3.63) is 30.6 Å². The first kappa shape index (κ1) is 16.1. The molecular weight excluding hydrogens is 290 g/mol. The molecule has 0 radical (unpaired) electrons. The number of likely N-dealkylation sites (tertiary alicyclic amines) is 2. The van der Waals surface area contributed by atoms with Crippen LogP contribution in [0.4, 0.5) is 4.79 Å². The van der Waals surface area contributed by atoms with Gasteiger partial charge >= 0.3 is 6.03 Å². The van der Waals surface area contributed by atoms with E-state index in [0.29, 0.717) is 0 Å². The predicted molar refractivity (Wildman–Crippen MR) is 90.1 cm³/mol. The number of carbonyl (C=O) groups is 1. The van der Waals surface area contributed by atoms with E-state index in [1.165, 1.54) is 6.42 Å². The third-order valence-corrected chi connectivity index (χ3v) is 4.97. The first-order valence-corrected chi connectivity index (χ1v) is 8.67. The van der Waals surface area contributed by atoms with Crippen LogP contribution in [-0.2, 0) is 0 Å². The molecule has 2 aliphatic heterocycles. The molecular formula is C17H27N5O. The van der Waals surface area contributed by atoms with Gasteiger partial charge in [-0.25, -0.2) is 4.79 Å². The van der Waals surface area contributed by atoms with Crippen molar-refractivity contribution in [1.29, 1.82) is 0 Å². The molecule has 6 heteroatoms. The third kappa shape index (κ3) is 3.93. The SMILES string of the molecule is C=CCN1CCC(NC(=O)N2CCCCC2c2cn[nH]c2)CC1. The first-order chi connectivity index (χ1) is 11.3. The molecule has 2 fully saturated rings. The maximum atomic E-state index is 12.7. The zero-order chi connectivity index (χ0) is 16.1. The minimum absolute atomic E-state index is 0.0815. The van der Waals surface area contributed by atoms with Crippen molar-refractivity contribution in [1.82, 2.24) is 25.3 Å². The summed E-state index contributed by atoms with van der Waals surface area (Å²) in [6, 6.07) is 0.525. The maximum Gasteiger partial charge on any atom is 0.318 e. The minimum atomic E-state index is 0.0815. The Labute approximate surface area is 137 Å². The number of aromatic nitrogens is 2. The van der Waals surface area contributed by atoms with Gasteiger partial charge in [0, 0.05) is 44.0 Å². The number of hydrogen-bond donors (Lipinski definition) is 2. The number of piperidine rings is 2. The van der Waals surface area contributed by atoms with Crippen molar-refractivity contribution in [2.24, 2.45) is 0 Å². The van der Waals surface area contributed by atoms with Crippen molar-refractivity contribution in [3.63, 3.8) is 0 Å². The topological polar surface area (TPSA) is 64.3 Å². The number of hydrogen-bond acceptors (Lipinski definition) is 3. The Bertz CT molecular complexity index is 507. The summed E-state index contributed by atoms with van der Waals surface area (Å²) < 4.78 is 0. The molecule has 1 atom stereocenters. The quantitative estimate of drug-likeness (QED) is 0.838. The normalized spacial score (nSPS) is 23.7. The van der Waals surface area contributed by atoms with Gasteiger partial charge in [0.1, 0.15) is 0 Å². The highest BCUT2D eigenvalue weighted by atomic mass is 16.2. The van der Waals surface area contributed by atoms with E-state index >= 15 is 0 Å². The number of urea groups is 1.